The van der Waals surface area contributed by atoms with Gasteiger partial charge in [0.05, 0.1) is 6.04 Å². The highest BCUT2D eigenvalue weighted by atomic mass is 16.7. The van der Waals surface area contributed by atoms with E-state index in [-0.39, 0.29) is 6.29 Å². The second-order valence-electron chi connectivity index (χ2n) is 6.51. The molecule has 2 fully saturated rings. The second-order valence-corrected chi connectivity index (χ2v) is 6.51. The lowest BCUT2D eigenvalue weighted by molar-refractivity contribution is -0.157. The molecule has 0 aromatic carbocycles. The Morgan fingerprint density at radius 1 is 1.05 bits per heavy atom. The molecule has 118 valence electrons. The fraction of sp³-hybridized carbons (Fsp3) is 1.00. The maximum atomic E-state index is 5.85. The van der Waals surface area contributed by atoms with Crippen LogP contribution in [0, 0.1) is 17.8 Å². The van der Waals surface area contributed by atoms with Crippen molar-refractivity contribution in [3.63, 3.8) is 0 Å². The summed E-state index contributed by atoms with van der Waals surface area (Å²) in [5.74, 6) is 2.90. The van der Waals surface area contributed by atoms with Gasteiger partial charge in [0.15, 0.2) is 6.29 Å². The maximum Gasteiger partial charge on any atom is 0.172 e. The lowest BCUT2D eigenvalue weighted by Crippen LogP contribution is -2.45. The quantitative estimate of drug-likeness (QED) is 0.622. The zero-order valence-electron chi connectivity index (χ0n) is 13.6. The van der Waals surface area contributed by atoms with Gasteiger partial charge in [0, 0.05) is 13.2 Å². The first-order valence-electron chi connectivity index (χ1n) is 8.74. The van der Waals surface area contributed by atoms with Crippen LogP contribution in [0.1, 0.15) is 59.3 Å². The van der Waals surface area contributed by atoms with Crippen LogP contribution < -0.4 is 5.32 Å². The monoisotopic (exact) mass is 283 g/mol. The number of ether oxygens (including phenoxy) is 2. The van der Waals surface area contributed by atoms with Crippen LogP contribution in [0.5, 0.6) is 0 Å². The maximum absolute atomic E-state index is 5.85. The summed E-state index contributed by atoms with van der Waals surface area (Å²) in [7, 11) is 0. The molecule has 0 radical (unpaired) electrons. The summed E-state index contributed by atoms with van der Waals surface area (Å²) >= 11 is 0. The van der Waals surface area contributed by atoms with Crippen molar-refractivity contribution in [2.45, 2.75) is 71.6 Å². The zero-order valence-corrected chi connectivity index (χ0v) is 13.6. The third-order valence-corrected chi connectivity index (χ3v) is 5.09. The Morgan fingerprint density at radius 2 is 1.80 bits per heavy atom. The van der Waals surface area contributed by atoms with E-state index in [9.17, 15) is 0 Å². The van der Waals surface area contributed by atoms with Crippen LogP contribution in [-0.2, 0) is 9.47 Å². The van der Waals surface area contributed by atoms with E-state index in [0.717, 1.165) is 43.9 Å². The van der Waals surface area contributed by atoms with Crippen molar-refractivity contribution in [3.8, 4) is 0 Å². The molecule has 0 aromatic rings. The van der Waals surface area contributed by atoms with Crippen LogP contribution in [0.4, 0.5) is 0 Å². The highest BCUT2D eigenvalue weighted by Crippen LogP contribution is 2.50. The Kier molecular flexibility index (Phi) is 6.79. The molecule has 0 aliphatic heterocycles. The van der Waals surface area contributed by atoms with Gasteiger partial charge in [-0.3, -0.25) is 0 Å². The molecule has 4 atom stereocenters. The molecule has 3 heteroatoms. The molecular formula is C17H33NO2. The van der Waals surface area contributed by atoms with Gasteiger partial charge >= 0.3 is 0 Å². The van der Waals surface area contributed by atoms with Crippen molar-refractivity contribution < 1.29 is 9.47 Å². The Morgan fingerprint density at radius 3 is 2.30 bits per heavy atom. The Labute approximate surface area is 124 Å². The summed E-state index contributed by atoms with van der Waals surface area (Å²) in [5.41, 5.74) is 0. The van der Waals surface area contributed by atoms with Gasteiger partial charge in [-0.25, -0.2) is 0 Å². The minimum Gasteiger partial charge on any atom is -0.351 e. The normalized spacial score (nSPS) is 30.3. The van der Waals surface area contributed by atoms with Gasteiger partial charge < -0.3 is 14.8 Å². The molecule has 0 saturated heterocycles. The molecule has 20 heavy (non-hydrogen) atoms. The van der Waals surface area contributed by atoms with Crippen molar-refractivity contribution in [3.05, 3.63) is 0 Å². The third-order valence-electron chi connectivity index (χ3n) is 5.09. The Balaban J connectivity index is 1.90. The molecule has 2 aliphatic carbocycles. The van der Waals surface area contributed by atoms with E-state index in [1.165, 1.54) is 32.1 Å². The lowest BCUT2D eigenvalue weighted by atomic mass is 9.84. The molecule has 3 nitrogen and oxygen atoms in total. The number of hydrogen-bond donors (Lipinski definition) is 1. The van der Waals surface area contributed by atoms with Gasteiger partial charge in [0.25, 0.3) is 0 Å². The number of nitrogens with one attached hydrogen (secondary N) is 1. The molecule has 0 aromatic heterocycles. The summed E-state index contributed by atoms with van der Waals surface area (Å²) < 4.78 is 11.7. The van der Waals surface area contributed by atoms with Gasteiger partial charge in [-0.1, -0.05) is 13.3 Å². The average molecular weight is 283 g/mol. The molecule has 0 heterocycles. The topological polar surface area (TPSA) is 30.5 Å². The van der Waals surface area contributed by atoms with Gasteiger partial charge in [0.1, 0.15) is 0 Å². The molecule has 2 aliphatic rings. The van der Waals surface area contributed by atoms with Crippen LogP contribution in [-0.4, -0.2) is 32.1 Å². The molecular weight excluding hydrogens is 250 g/mol. The minimum absolute atomic E-state index is 0.0734. The van der Waals surface area contributed by atoms with E-state index in [4.69, 9.17) is 9.47 Å². The zero-order chi connectivity index (χ0) is 14.4. The fourth-order valence-corrected chi connectivity index (χ4v) is 4.22. The molecule has 2 saturated carbocycles. The van der Waals surface area contributed by atoms with E-state index in [2.05, 4.69) is 26.1 Å². The van der Waals surface area contributed by atoms with Crippen LogP contribution in [0.15, 0.2) is 0 Å². The molecule has 4 unspecified atom stereocenters. The first-order chi connectivity index (χ1) is 9.78. The van der Waals surface area contributed by atoms with E-state index in [1.54, 1.807) is 0 Å². The van der Waals surface area contributed by atoms with Crippen molar-refractivity contribution in [2.24, 2.45) is 17.8 Å². The summed E-state index contributed by atoms with van der Waals surface area (Å²) in [6, 6.07) is 0.360. The van der Waals surface area contributed by atoms with Crippen LogP contribution in [0.2, 0.25) is 0 Å². The van der Waals surface area contributed by atoms with Gasteiger partial charge in [0.2, 0.25) is 0 Å². The first-order valence-corrected chi connectivity index (χ1v) is 8.74. The minimum atomic E-state index is -0.0734. The van der Waals surface area contributed by atoms with E-state index in [0.29, 0.717) is 6.04 Å². The highest BCUT2D eigenvalue weighted by Gasteiger charge is 2.41. The van der Waals surface area contributed by atoms with Crippen molar-refractivity contribution in [1.82, 2.24) is 5.32 Å². The van der Waals surface area contributed by atoms with Gasteiger partial charge in [-0.15, -0.1) is 0 Å². The van der Waals surface area contributed by atoms with Gasteiger partial charge in [-0.05, 0) is 70.3 Å². The van der Waals surface area contributed by atoms with Crippen LogP contribution >= 0.6 is 0 Å². The standard InChI is InChI=1S/C17H33NO2/c1-4-9-18-16(17(19-5-2)20-6-3)12-15-11-13-7-8-14(15)10-13/h13-18H,4-12H2,1-3H3. The summed E-state index contributed by atoms with van der Waals surface area (Å²) in [5, 5.41) is 3.68. The Bertz CT molecular complexity index is 266. The van der Waals surface area contributed by atoms with E-state index < -0.39 is 0 Å². The SMILES string of the molecule is CCCNC(CC1CC2CCC1C2)C(OCC)OCC. The number of hydrogen-bond acceptors (Lipinski definition) is 3. The van der Waals surface area contributed by atoms with Crippen molar-refractivity contribution in [1.29, 1.82) is 0 Å². The Hall–Kier alpha value is -0.120. The van der Waals surface area contributed by atoms with E-state index in [1.807, 2.05) is 0 Å². The number of fused-ring (bicyclic) bond motifs is 2. The van der Waals surface area contributed by atoms with Gasteiger partial charge in [-0.2, -0.15) is 0 Å². The second kappa shape index (κ2) is 8.35. The third kappa shape index (κ3) is 4.19. The highest BCUT2D eigenvalue weighted by molar-refractivity contribution is 4.92. The predicted octanol–water partition coefficient (Wildman–Crippen LogP) is 3.58. The van der Waals surface area contributed by atoms with Crippen LogP contribution in [0.25, 0.3) is 0 Å². The molecule has 0 spiro atoms. The fourth-order valence-electron chi connectivity index (χ4n) is 4.22. The van der Waals surface area contributed by atoms with Crippen molar-refractivity contribution in [2.75, 3.05) is 19.8 Å². The number of rotatable bonds is 10. The van der Waals surface area contributed by atoms with E-state index >= 15 is 0 Å². The summed E-state index contributed by atoms with van der Waals surface area (Å²) in [4.78, 5) is 0. The largest absolute Gasteiger partial charge is 0.351 e. The summed E-state index contributed by atoms with van der Waals surface area (Å²) in [6.07, 6.45) is 8.19. The summed E-state index contributed by atoms with van der Waals surface area (Å²) in [6.45, 7) is 8.85. The van der Waals surface area contributed by atoms with Crippen molar-refractivity contribution >= 4 is 0 Å². The molecule has 1 N–H and O–H groups in total. The lowest BCUT2D eigenvalue weighted by Gasteiger charge is -2.32. The van der Waals surface area contributed by atoms with Crippen LogP contribution in [0.3, 0.4) is 0 Å². The smallest absolute Gasteiger partial charge is 0.172 e. The molecule has 0 amide bonds. The predicted molar refractivity (Wildman–Crippen MR) is 82.7 cm³/mol. The molecule has 2 rings (SSSR count). The average Bonchev–Trinajstić information content (AvgIpc) is 3.05. The molecule has 2 bridgehead atoms. The first kappa shape index (κ1) is 16.3.